The van der Waals surface area contributed by atoms with Gasteiger partial charge in [0.05, 0.1) is 12.7 Å². The van der Waals surface area contributed by atoms with Crippen LogP contribution in [-0.2, 0) is 9.53 Å². The lowest BCUT2D eigenvalue weighted by atomic mass is 9.81. The van der Waals surface area contributed by atoms with Gasteiger partial charge in [-0.15, -0.1) is 0 Å². The Morgan fingerprint density at radius 2 is 2.27 bits per heavy atom. The molecule has 1 aliphatic carbocycles. The van der Waals surface area contributed by atoms with E-state index in [2.05, 4.69) is 13.5 Å². The van der Waals surface area contributed by atoms with Gasteiger partial charge in [-0.25, -0.2) is 4.79 Å². The van der Waals surface area contributed by atoms with Gasteiger partial charge in [0, 0.05) is 7.00 Å². The fourth-order valence-corrected chi connectivity index (χ4v) is 1.85. The minimum atomic E-state index is -0.330. The number of carbonyl (C=O) groups excluding carboxylic acids is 1. The van der Waals surface area contributed by atoms with Crippen molar-refractivity contribution in [2.45, 2.75) is 39.2 Å². The molecule has 1 N–H and O–H groups in total. The summed E-state index contributed by atoms with van der Waals surface area (Å²) in [6.07, 6.45) is 2.54. The minimum absolute atomic E-state index is 0. The lowest BCUT2D eigenvalue weighted by molar-refractivity contribution is -0.141. The van der Waals surface area contributed by atoms with Crippen LogP contribution in [0, 0.1) is 11.8 Å². The van der Waals surface area contributed by atoms with Crippen molar-refractivity contribution in [3.8, 4) is 0 Å². The Labute approximate surface area is 92.6 Å². The van der Waals surface area contributed by atoms with Crippen LogP contribution in [0.4, 0.5) is 0 Å². The van der Waals surface area contributed by atoms with Gasteiger partial charge in [-0.05, 0) is 38.0 Å². The maximum absolute atomic E-state index is 11.1. The average Bonchev–Trinajstić information content (AvgIpc) is 2.19. The van der Waals surface area contributed by atoms with Gasteiger partial charge in [0.2, 0.25) is 0 Å². The van der Waals surface area contributed by atoms with E-state index in [1.165, 1.54) is 0 Å². The van der Waals surface area contributed by atoms with E-state index < -0.39 is 0 Å². The summed E-state index contributed by atoms with van der Waals surface area (Å²) in [7, 11) is 0. The van der Waals surface area contributed by atoms with Gasteiger partial charge < -0.3 is 9.84 Å². The molecule has 1 aliphatic rings. The fraction of sp³-hybridized carbons (Fsp3) is 0.750. The molecule has 3 heteroatoms. The Kier molecular flexibility index (Phi) is 4.33. The average molecular weight is 214 g/mol. The second-order valence-corrected chi connectivity index (χ2v) is 4.60. The van der Waals surface area contributed by atoms with Crippen LogP contribution >= 0.6 is 0 Å². The molecule has 0 aromatic heterocycles. The van der Waals surface area contributed by atoms with Crippen LogP contribution in [0.25, 0.3) is 0 Å². The van der Waals surface area contributed by atoms with E-state index in [0.29, 0.717) is 24.0 Å². The summed E-state index contributed by atoms with van der Waals surface area (Å²) in [6.45, 7) is 7.63. The molecule has 0 heterocycles. The molecule has 0 amide bonds. The maximum atomic E-state index is 11.1. The molecule has 0 bridgehead atoms. The van der Waals surface area contributed by atoms with Crippen LogP contribution in [0.1, 0.15) is 34.5 Å². The van der Waals surface area contributed by atoms with E-state index in [-0.39, 0.29) is 13.5 Å². The molecular formula is C12H22O3. The van der Waals surface area contributed by atoms with Crippen molar-refractivity contribution < 1.29 is 16.1 Å². The van der Waals surface area contributed by atoms with Gasteiger partial charge in [0.15, 0.2) is 0 Å². The quantitative estimate of drug-likeness (QED) is 0.578. The summed E-state index contributed by atoms with van der Waals surface area (Å²) in [5, 5.41) is 9.66. The molecule has 0 aliphatic heterocycles. The highest BCUT2D eigenvalue weighted by molar-refractivity contribution is 5.86. The molecule has 0 radical (unpaired) electrons. The predicted molar refractivity (Wildman–Crippen MR) is 60.4 cm³/mol. The van der Waals surface area contributed by atoms with E-state index in [4.69, 9.17) is 4.74 Å². The van der Waals surface area contributed by atoms with Crippen molar-refractivity contribution >= 4 is 5.97 Å². The van der Waals surface area contributed by atoms with Gasteiger partial charge in [-0.3, -0.25) is 0 Å². The summed E-state index contributed by atoms with van der Waals surface area (Å²) in [6, 6.07) is 0. The summed E-state index contributed by atoms with van der Waals surface area (Å²) in [5.74, 6) is 0.348. The van der Waals surface area contributed by atoms with E-state index in [1.54, 1.807) is 6.92 Å². The normalized spacial score (nSPS) is 31.0. The first kappa shape index (κ1) is 12.2. The highest BCUT2D eigenvalue weighted by Gasteiger charge is 2.26. The molecule has 88 valence electrons. The molecule has 1 saturated carbocycles. The van der Waals surface area contributed by atoms with E-state index >= 15 is 0 Å². The van der Waals surface area contributed by atoms with E-state index in [9.17, 15) is 9.90 Å². The van der Waals surface area contributed by atoms with Gasteiger partial charge in [0.25, 0.3) is 0 Å². The highest BCUT2D eigenvalue weighted by Crippen LogP contribution is 2.28. The first-order chi connectivity index (χ1) is 7.00. The Hall–Kier alpha value is -0.830. The van der Waals surface area contributed by atoms with Crippen LogP contribution in [0.15, 0.2) is 12.2 Å². The van der Waals surface area contributed by atoms with Crippen molar-refractivity contribution in [1.29, 1.82) is 0 Å². The molecule has 1 rings (SSSR count). The molecule has 3 atom stereocenters. The maximum Gasteiger partial charge on any atom is 0.333 e. The first-order valence-corrected chi connectivity index (χ1v) is 5.51. The Morgan fingerprint density at radius 1 is 1.60 bits per heavy atom. The zero-order chi connectivity index (χ0) is 11.4. The highest BCUT2D eigenvalue weighted by atomic mass is 16.5. The topological polar surface area (TPSA) is 46.5 Å². The van der Waals surface area contributed by atoms with Crippen LogP contribution < -0.4 is 0 Å². The van der Waals surface area contributed by atoms with Gasteiger partial charge in [-0.2, -0.15) is 0 Å². The molecule has 3 unspecified atom stereocenters. The molecule has 1 fully saturated rings. The van der Waals surface area contributed by atoms with Crippen LogP contribution in [0.2, 0.25) is 0 Å². The standard InChI is InChI=1S/C12H20O3.H2/c1-8(2)12(14)15-7-10-5-4-9(3)11(13)6-10;/h9-11,13H,1,4-7H2,2-3H3;1H. The molecule has 0 aromatic rings. The largest absolute Gasteiger partial charge is 0.462 e. The first-order valence-electron chi connectivity index (χ1n) is 5.51. The van der Waals surface area contributed by atoms with Crippen LogP contribution in [-0.4, -0.2) is 23.8 Å². The van der Waals surface area contributed by atoms with Crippen molar-refractivity contribution in [1.82, 2.24) is 0 Å². The van der Waals surface area contributed by atoms with Crippen molar-refractivity contribution in [2.75, 3.05) is 6.61 Å². The summed E-state index contributed by atoms with van der Waals surface area (Å²) >= 11 is 0. The van der Waals surface area contributed by atoms with Crippen LogP contribution in [0.5, 0.6) is 0 Å². The van der Waals surface area contributed by atoms with Crippen LogP contribution in [0.3, 0.4) is 0 Å². The SMILES string of the molecule is C=C(C)C(=O)OCC1CCC(C)C(O)C1.[HH]. The fourth-order valence-electron chi connectivity index (χ4n) is 1.85. The zero-order valence-corrected chi connectivity index (χ0v) is 9.53. The second kappa shape index (κ2) is 5.31. The smallest absolute Gasteiger partial charge is 0.333 e. The van der Waals surface area contributed by atoms with Gasteiger partial charge in [0.1, 0.15) is 0 Å². The lowest BCUT2D eigenvalue weighted by Gasteiger charge is -2.30. The second-order valence-electron chi connectivity index (χ2n) is 4.60. The third-order valence-electron chi connectivity index (χ3n) is 3.06. The molecule has 0 spiro atoms. The number of rotatable bonds is 3. The number of hydrogen-bond acceptors (Lipinski definition) is 3. The summed E-state index contributed by atoms with van der Waals surface area (Å²) in [4.78, 5) is 11.1. The van der Waals surface area contributed by atoms with Gasteiger partial charge in [-0.1, -0.05) is 13.5 Å². The molecule has 3 nitrogen and oxygen atoms in total. The molecular weight excluding hydrogens is 192 g/mol. The van der Waals surface area contributed by atoms with Crippen molar-refractivity contribution in [3.05, 3.63) is 12.2 Å². The third kappa shape index (κ3) is 3.67. The number of aliphatic hydroxyl groups excluding tert-OH is 1. The summed E-state index contributed by atoms with van der Waals surface area (Å²) < 4.78 is 5.08. The monoisotopic (exact) mass is 214 g/mol. The number of hydrogen-bond donors (Lipinski definition) is 1. The third-order valence-corrected chi connectivity index (χ3v) is 3.06. The Morgan fingerprint density at radius 3 is 2.80 bits per heavy atom. The number of esters is 1. The predicted octanol–water partition coefficient (Wildman–Crippen LogP) is 2.15. The minimum Gasteiger partial charge on any atom is -0.462 e. The Bertz CT molecular complexity index is 253. The van der Waals surface area contributed by atoms with E-state index in [0.717, 1.165) is 19.3 Å². The molecule has 15 heavy (non-hydrogen) atoms. The number of ether oxygens (including phenoxy) is 1. The molecule has 0 aromatic carbocycles. The van der Waals surface area contributed by atoms with Gasteiger partial charge >= 0.3 is 5.97 Å². The van der Waals surface area contributed by atoms with Crippen molar-refractivity contribution in [2.24, 2.45) is 11.8 Å². The van der Waals surface area contributed by atoms with Crippen molar-refractivity contribution in [3.63, 3.8) is 0 Å². The lowest BCUT2D eigenvalue weighted by Crippen LogP contribution is -2.30. The van der Waals surface area contributed by atoms with E-state index in [1.807, 2.05) is 0 Å². The zero-order valence-electron chi connectivity index (χ0n) is 9.53. The summed E-state index contributed by atoms with van der Waals surface area (Å²) in [5.41, 5.74) is 0.430. The Balaban J connectivity index is 0.00000225. The number of carbonyl (C=O) groups is 1. The molecule has 0 saturated heterocycles. The number of aliphatic hydroxyl groups is 1.